The van der Waals surface area contributed by atoms with Crippen molar-refractivity contribution in [3.8, 4) is 0 Å². The molecule has 0 atom stereocenters. The van der Waals surface area contributed by atoms with E-state index in [9.17, 15) is 4.79 Å². The standard InChI is InChI=1S/C13H13BrN4O/c1-7-5-9(6-8(2)12(7)14)16-13(19)10-3-4-11(15)18-17-10/h3-6H,1-2H3,(H2,15,18)(H,16,19). The Labute approximate surface area is 119 Å². The number of nitrogens with zero attached hydrogens (tertiary/aromatic N) is 2. The number of aromatic nitrogens is 2. The first kappa shape index (κ1) is 13.5. The van der Waals surface area contributed by atoms with Crippen molar-refractivity contribution in [2.45, 2.75) is 13.8 Å². The summed E-state index contributed by atoms with van der Waals surface area (Å²) in [5.74, 6) is -0.0273. The number of halogens is 1. The number of rotatable bonds is 2. The van der Waals surface area contributed by atoms with Crippen LogP contribution in [0.4, 0.5) is 11.5 Å². The first-order chi connectivity index (χ1) is 8.97. The summed E-state index contributed by atoms with van der Waals surface area (Å²) < 4.78 is 1.04. The Morgan fingerprint density at radius 2 is 1.84 bits per heavy atom. The smallest absolute Gasteiger partial charge is 0.276 e. The molecule has 0 fully saturated rings. The van der Waals surface area contributed by atoms with Crippen LogP contribution in [-0.4, -0.2) is 16.1 Å². The van der Waals surface area contributed by atoms with Crippen molar-refractivity contribution in [2.24, 2.45) is 0 Å². The van der Waals surface area contributed by atoms with Gasteiger partial charge in [-0.25, -0.2) is 0 Å². The first-order valence-electron chi connectivity index (χ1n) is 5.64. The van der Waals surface area contributed by atoms with Gasteiger partial charge in [0.25, 0.3) is 5.91 Å². The summed E-state index contributed by atoms with van der Waals surface area (Å²) in [6.45, 7) is 3.94. The molecule has 2 aromatic rings. The lowest BCUT2D eigenvalue weighted by molar-refractivity contribution is 0.102. The number of hydrogen-bond donors (Lipinski definition) is 2. The van der Waals surface area contributed by atoms with E-state index in [2.05, 4.69) is 31.4 Å². The van der Waals surface area contributed by atoms with E-state index in [4.69, 9.17) is 5.73 Å². The molecule has 0 aliphatic heterocycles. The van der Waals surface area contributed by atoms with Crippen LogP contribution in [0.25, 0.3) is 0 Å². The Hall–Kier alpha value is -1.95. The van der Waals surface area contributed by atoms with Crippen molar-refractivity contribution in [3.05, 3.63) is 45.6 Å². The van der Waals surface area contributed by atoms with Gasteiger partial charge in [0, 0.05) is 10.2 Å². The minimum absolute atomic E-state index is 0.229. The SMILES string of the molecule is Cc1cc(NC(=O)c2ccc(N)nn2)cc(C)c1Br. The van der Waals surface area contributed by atoms with E-state index < -0.39 is 0 Å². The fourth-order valence-corrected chi connectivity index (χ4v) is 1.91. The van der Waals surface area contributed by atoms with Crippen LogP contribution in [0.15, 0.2) is 28.7 Å². The van der Waals surface area contributed by atoms with Gasteiger partial charge in [-0.1, -0.05) is 15.9 Å². The second-order valence-electron chi connectivity index (χ2n) is 4.22. The molecular formula is C13H13BrN4O. The fourth-order valence-electron chi connectivity index (χ4n) is 1.68. The number of amides is 1. The van der Waals surface area contributed by atoms with E-state index in [0.717, 1.165) is 21.3 Å². The van der Waals surface area contributed by atoms with Gasteiger partial charge >= 0.3 is 0 Å². The summed E-state index contributed by atoms with van der Waals surface area (Å²) in [6.07, 6.45) is 0. The predicted molar refractivity (Wildman–Crippen MR) is 78.0 cm³/mol. The third-order valence-electron chi connectivity index (χ3n) is 2.61. The van der Waals surface area contributed by atoms with Crippen molar-refractivity contribution in [1.82, 2.24) is 10.2 Å². The molecule has 1 aromatic carbocycles. The second-order valence-corrected chi connectivity index (χ2v) is 5.01. The largest absolute Gasteiger partial charge is 0.382 e. The van der Waals surface area contributed by atoms with Crippen molar-refractivity contribution >= 4 is 33.3 Å². The number of aryl methyl sites for hydroxylation is 2. The number of benzene rings is 1. The predicted octanol–water partition coefficient (Wildman–Crippen LogP) is 2.69. The van der Waals surface area contributed by atoms with E-state index in [1.165, 1.54) is 6.07 Å². The Kier molecular flexibility index (Phi) is 3.80. The normalized spacial score (nSPS) is 10.3. The molecule has 6 heteroatoms. The van der Waals surface area contributed by atoms with Crippen LogP contribution < -0.4 is 11.1 Å². The average molecular weight is 321 g/mol. The van der Waals surface area contributed by atoms with Crippen LogP contribution in [0.1, 0.15) is 21.6 Å². The minimum atomic E-state index is -0.311. The number of carbonyl (C=O) groups is 1. The number of nitrogens with two attached hydrogens (primary N) is 1. The summed E-state index contributed by atoms with van der Waals surface area (Å²) in [5.41, 5.74) is 8.49. The van der Waals surface area contributed by atoms with Crippen LogP contribution in [0.2, 0.25) is 0 Å². The lowest BCUT2D eigenvalue weighted by Crippen LogP contribution is -2.14. The topological polar surface area (TPSA) is 80.9 Å². The van der Waals surface area contributed by atoms with Crippen LogP contribution in [0.5, 0.6) is 0 Å². The zero-order valence-electron chi connectivity index (χ0n) is 10.6. The average Bonchev–Trinajstić information content (AvgIpc) is 2.36. The third-order valence-corrected chi connectivity index (χ3v) is 3.86. The number of anilines is 2. The maximum atomic E-state index is 12.0. The van der Waals surface area contributed by atoms with Gasteiger partial charge in [0.2, 0.25) is 0 Å². The van der Waals surface area contributed by atoms with E-state index in [-0.39, 0.29) is 17.4 Å². The lowest BCUT2D eigenvalue weighted by atomic mass is 10.1. The summed E-state index contributed by atoms with van der Waals surface area (Å²) in [4.78, 5) is 12.0. The summed E-state index contributed by atoms with van der Waals surface area (Å²) in [7, 11) is 0. The molecule has 0 spiro atoms. The highest BCUT2D eigenvalue weighted by Gasteiger charge is 2.10. The summed E-state index contributed by atoms with van der Waals surface area (Å²) in [6, 6.07) is 6.86. The van der Waals surface area contributed by atoms with Crippen molar-refractivity contribution in [1.29, 1.82) is 0 Å². The number of hydrogen-bond acceptors (Lipinski definition) is 4. The van der Waals surface area contributed by atoms with Gasteiger partial charge in [-0.2, -0.15) is 0 Å². The van der Waals surface area contributed by atoms with Gasteiger partial charge in [0.15, 0.2) is 5.69 Å². The molecule has 0 bridgehead atoms. The molecule has 2 rings (SSSR count). The molecule has 98 valence electrons. The van der Waals surface area contributed by atoms with Crippen LogP contribution in [-0.2, 0) is 0 Å². The Morgan fingerprint density at radius 1 is 1.21 bits per heavy atom. The maximum absolute atomic E-state index is 12.0. The van der Waals surface area contributed by atoms with Crippen LogP contribution in [0.3, 0.4) is 0 Å². The van der Waals surface area contributed by atoms with Crippen molar-refractivity contribution < 1.29 is 4.79 Å². The number of carbonyl (C=O) groups excluding carboxylic acids is 1. The second kappa shape index (κ2) is 5.36. The molecular weight excluding hydrogens is 308 g/mol. The summed E-state index contributed by atoms with van der Waals surface area (Å²) in [5, 5.41) is 10.2. The van der Waals surface area contributed by atoms with Gasteiger partial charge in [0.1, 0.15) is 5.82 Å². The number of nitrogen functional groups attached to an aromatic ring is 1. The summed E-state index contributed by atoms with van der Waals surface area (Å²) >= 11 is 3.48. The lowest BCUT2D eigenvalue weighted by Gasteiger charge is -2.09. The van der Waals surface area contributed by atoms with Gasteiger partial charge < -0.3 is 11.1 Å². The maximum Gasteiger partial charge on any atom is 0.276 e. The number of nitrogens with one attached hydrogen (secondary N) is 1. The molecule has 1 heterocycles. The zero-order chi connectivity index (χ0) is 14.0. The zero-order valence-corrected chi connectivity index (χ0v) is 12.2. The molecule has 1 aromatic heterocycles. The van der Waals surface area contributed by atoms with Gasteiger partial charge in [-0.05, 0) is 49.2 Å². The monoisotopic (exact) mass is 320 g/mol. The quantitative estimate of drug-likeness (QED) is 0.891. The van der Waals surface area contributed by atoms with Gasteiger partial charge in [-0.3, -0.25) is 4.79 Å². The molecule has 0 aliphatic carbocycles. The van der Waals surface area contributed by atoms with Crippen molar-refractivity contribution in [3.63, 3.8) is 0 Å². The highest BCUT2D eigenvalue weighted by molar-refractivity contribution is 9.10. The Morgan fingerprint density at radius 3 is 2.37 bits per heavy atom. The van der Waals surface area contributed by atoms with Crippen LogP contribution in [0, 0.1) is 13.8 Å². The minimum Gasteiger partial charge on any atom is -0.382 e. The molecule has 1 amide bonds. The first-order valence-corrected chi connectivity index (χ1v) is 6.44. The molecule has 19 heavy (non-hydrogen) atoms. The van der Waals surface area contributed by atoms with E-state index >= 15 is 0 Å². The molecule has 3 N–H and O–H groups in total. The van der Waals surface area contributed by atoms with E-state index in [1.54, 1.807) is 6.07 Å². The highest BCUT2D eigenvalue weighted by Crippen LogP contribution is 2.25. The molecule has 5 nitrogen and oxygen atoms in total. The molecule has 0 aliphatic rings. The molecule has 0 saturated heterocycles. The van der Waals surface area contributed by atoms with Gasteiger partial charge in [0.05, 0.1) is 0 Å². The van der Waals surface area contributed by atoms with Gasteiger partial charge in [-0.15, -0.1) is 10.2 Å². The highest BCUT2D eigenvalue weighted by atomic mass is 79.9. The molecule has 0 saturated carbocycles. The Balaban J connectivity index is 2.22. The molecule has 0 radical (unpaired) electrons. The van der Waals surface area contributed by atoms with Crippen molar-refractivity contribution in [2.75, 3.05) is 11.1 Å². The van der Waals surface area contributed by atoms with Crippen LogP contribution >= 0.6 is 15.9 Å². The van der Waals surface area contributed by atoms with E-state index in [1.807, 2.05) is 26.0 Å². The molecule has 0 unspecified atom stereocenters. The van der Waals surface area contributed by atoms with E-state index in [0.29, 0.717) is 0 Å². The Bertz CT molecular complexity index is 602. The fraction of sp³-hybridized carbons (Fsp3) is 0.154. The third kappa shape index (κ3) is 3.08.